The first-order valence-corrected chi connectivity index (χ1v) is 7.51. The van der Waals surface area contributed by atoms with Crippen LogP contribution in [0.15, 0.2) is 12.7 Å². The van der Waals surface area contributed by atoms with Crippen LogP contribution in [0.25, 0.3) is 0 Å². The van der Waals surface area contributed by atoms with Crippen LogP contribution in [0.5, 0.6) is 0 Å². The van der Waals surface area contributed by atoms with Crippen molar-refractivity contribution < 1.29 is 16.8 Å². The van der Waals surface area contributed by atoms with Crippen LogP contribution in [0, 0.1) is 0 Å². The normalized spacial score (nSPS) is 10.5. The van der Waals surface area contributed by atoms with E-state index in [1.165, 1.54) is 6.08 Å². The van der Waals surface area contributed by atoms with E-state index in [2.05, 4.69) is 6.58 Å². The van der Waals surface area contributed by atoms with Gasteiger partial charge in [-0.2, -0.15) is 0 Å². The fraction of sp³-hybridized carbons (Fsp3) is 0.750. The van der Waals surface area contributed by atoms with E-state index >= 15 is 0 Å². The van der Waals surface area contributed by atoms with E-state index in [4.69, 9.17) is 0 Å². The van der Waals surface area contributed by atoms with Crippen molar-refractivity contribution in [2.75, 3.05) is 17.3 Å². The lowest BCUT2D eigenvalue weighted by Crippen LogP contribution is -2.06. The van der Waals surface area contributed by atoms with Crippen LogP contribution in [0.1, 0.15) is 20.3 Å². The lowest BCUT2D eigenvalue weighted by atomic mass is 10.6. The molecule has 0 aromatic rings. The molecule has 0 amide bonds. The molecule has 0 aliphatic heterocycles. The summed E-state index contributed by atoms with van der Waals surface area (Å²) in [4.78, 5) is 0. The summed E-state index contributed by atoms with van der Waals surface area (Å²) in [7, 11) is -4.89. The molecule has 4 nitrogen and oxygen atoms in total. The quantitative estimate of drug-likeness (QED) is 0.567. The van der Waals surface area contributed by atoms with Crippen LogP contribution in [0.3, 0.4) is 0 Å². The van der Waals surface area contributed by atoms with Crippen LogP contribution < -0.4 is 0 Å². The standard InChI is InChI=1S/C5H12O2S.C3H6O2S/c1-3-5-8(6,7)4-2;1-2-3-6(4)5/h3-5H2,1-2H3;2,6H,1,3H2. The Morgan fingerprint density at radius 1 is 1.29 bits per heavy atom. The summed E-state index contributed by atoms with van der Waals surface area (Å²) in [6, 6.07) is 0. The highest BCUT2D eigenvalue weighted by Crippen LogP contribution is 1.90. The molecule has 0 atom stereocenters. The summed E-state index contributed by atoms with van der Waals surface area (Å²) in [5.74, 6) is 0.708. The van der Waals surface area contributed by atoms with E-state index in [0.29, 0.717) is 5.75 Å². The summed E-state index contributed by atoms with van der Waals surface area (Å²) < 4.78 is 40.3. The minimum atomic E-state index is -2.67. The first-order valence-electron chi connectivity index (χ1n) is 4.32. The van der Waals surface area contributed by atoms with Gasteiger partial charge in [0.1, 0.15) is 20.5 Å². The lowest BCUT2D eigenvalue weighted by Gasteiger charge is -1.93. The summed E-state index contributed by atoms with van der Waals surface area (Å²) in [6.07, 6.45) is 2.09. The minimum absolute atomic E-state index is 0.0926. The van der Waals surface area contributed by atoms with E-state index in [1.54, 1.807) is 6.92 Å². The smallest absolute Gasteiger partial charge is 0.150 e. The summed E-state index contributed by atoms with van der Waals surface area (Å²) in [6.45, 7) is 6.76. The fourth-order valence-electron chi connectivity index (χ4n) is 0.561. The van der Waals surface area contributed by atoms with Crippen molar-refractivity contribution in [3.8, 4) is 0 Å². The average molecular weight is 242 g/mol. The van der Waals surface area contributed by atoms with Gasteiger partial charge in [-0.15, -0.1) is 6.58 Å². The van der Waals surface area contributed by atoms with E-state index in [9.17, 15) is 16.8 Å². The molecule has 0 bridgehead atoms. The van der Waals surface area contributed by atoms with Crippen molar-refractivity contribution in [2.24, 2.45) is 0 Å². The molecule has 0 saturated heterocycles. The van der Waals surface area contributed by atoms with Gasteiger partial charge in [0, 0.05) is 11.5 Å². The summed E-state index contributed by atoms with van der Waals surface area (Å²) >= 11 is 0. The number of thiol groups is 1. The van der Waals surface area contributed by atoms with Gasteiger partial charge in [0.15, 0.2) is 0 Å². The largest absolute Gasteiger partial charge is 0.232 e. The van der Waals surface area contributed by atoms with Crippen LogP contribution in [-0.4, -0.2) is 34.1 Å². The lowest BCUT2D eigenvalue weighted by molar-refractivity contribution is 0.596. The molecule has 14 heavy (non-hydrogen) atoms. The van der Waals surface area contributed by atoms with E-state index in [0.717, 1.165) is 6.42 Å². The monoisotopic (exact) mass is 242 g/mol. The molecule has 0 heterocycles. The van der Waals surface area contributed by atoms with Crippen LogP contribution in [0.4, 0.5) is 0 Å². The molecule has 0 aromatic carbocycles. The maximum Gasteiger partial charge on any atom is 0.150 e. The van der Waals surface area contributed by atoms with Crippen molar-refractivity contribution in [3.63, 3.8) is 0 Å². The number of hydrogen-bond donors (Lipinski definition) is 1. The van der Waals surface area contributed by atoms with Gasteiger partial charge in [-0.1, -0.05) is 19.9 Å². The predicted molar refractivity (Wildman–Crippen MR) is 60.0 cm³/mol. The number of rotatable bonds is 5. The fourth-order valence-corrected chi connectivity index (χ4v) is 1.68. The molecule has 0 N–H and O–H groups in total. The Hall–Kier alpha value is -0.360. The van der Waals surface area contributed by atoms with E-state index in [1.807, 2.05) is 6.92 Å². The molecule has 0 fully saturated rings. The zero-order valence-corrected chi connectivity index (χ0v) is 10.3. The molecule has 0 aromatic heterocycles. The van der Waals surface area contributed by atoms with Crippen molar-refractivity contribution >= 4 is 20.5 Å². The maximum atomic E-state index is 10.6. The average Bonchev–Trinajstić information content (AvgIpc) is 2.05. The molecule has 0 spiro atoms. The molecule has 86 valence electrons. The zero-order chi connectivity index (χ0) is 11.6. The molecule has 0 aliphatic carbocycles. The first-order chi connectivity index (χ1) is 6.39. The van der Waals surface area contributed by atoms with E-state index < -0.39 is 20.5 Å². The summed E-state index contributed by atoms with van der Waals surface area (Å²) in [5.41, 5.74) is 0. The Bertz CT molecular complexity index is 293. The molecule has 0 saturated carbocycles. The molecule has 0 aliphatic rings. The zero-order valence-electron chi connectivity index (χ0n) is 8.60. The minimum Gasteiger partial charge on any atom is -0.232 e. The molecule has 0 rings (SSSR count). The first kappa shape index (κ1) is 16.1. The van der Waals surface area contributed by atoms with Gasteiger partial charge in [0.05, 0.1) is 5.75 Å². The maximum absolute atomic E-state index is 10.6. The van der Waals surface area contributed by atoms with Crippen LogP contribution >= 0.6 is 0 Å². The Morgan fingerprint density at radius 3 is 1.86 bits per heavy atom. The van der Waals surface area contributed by atoms with Crippen molar-refractivity contribution in [3.05, 3.63) is 12.7 Å². The van der Waals surface area contributed by atoms with E-state index in [-0.39, 0.29) is 11.5 Å². The molecular weight excluding hydrogens is 224 g/mol. The third kappa shape index (κ3) is 14.2. The third-order valence-corrected chi connectivity index (χ3v) is 3.70. The van der Waals surface area contributed by atoms with Gasteiger partial charge < -0.3 is 0 Å². The highest BCUT2D eigenvalue weighted by atomic mass is 32.2. The Morgan fingerprint density at radius 2 is 1.79 bits per heavy atom. The highest BCUT2D eigenvalue weighted by Gasteiger charge is 2.02. The Labute approximate surface area is 87.9 Å². The SMILES string of the molecule is C=CC[SH](=O)=O.CCCS(=O)(=O)CC. The van der Waals surface area contributed by atoms with Gasteiger partial charge in [0.2, 0.25) is 0 Å². The van der Waals surface area contributed by atoms with Crippen molar-refractivity contribution in [1.29, 1.82) is 0 Å². The molecular formula is C8H18O4S2. The van der Waals surface area contributed by atoms with Gasteiger partial charge in [0.25, 0.3) is 0 Å². The second kappa shape index (κ2) is 9.21. The van der Waals surface area contributed by atoms with Crippen LogP contribution in [-0.2, 0) is 20.5 Å². The van der Waals surface area contributed by atoms with Gasteiger partial charge in [-0.25, -0.2) is 16.8 Å². The third-order valence-electron chi connectivity index (χ3n) is 1.23. The molecule has 0 unspecified atom stereocenters. The second-order valence-corrected chi connectivity index (χ2v) is 6.04. The Balaban J connectivity index is 0. The topological polar surface area (TPSA) is 68.3 Å². The number of hydrogen-bond acceptors (Lipinski definition) is 4. The highest BCUT2D eigenvalue weighted by molar-refractivity contribution is 7.91. The number of sulfone groups is 1. The molecule has 6 heteroatoms. The summed E-state index contributed by atoms with van der Waals surface area (Å²) in [5, 5.41) is 0. The van der Waals surface area contributed by atoms with Crippen molar-refractivity contribution in [2.45, 2.75) is 20.3 Å². The van der Waals surface area contributed by atoms with Crippen molar-refractivity contribution in [1.82, 2.24) is 0 Å². The second-order valence-electron chi connectivity index (χ2n) is 2.54. The van der Waals surface area contributed by atoms with Gasteiger partial charge in [-0.3, -0.25) is 0 Å². The van der Waals surface area contributed by atoms with Crippen LogP contribution in [0.2, 0.25) is 0 Å². The van der Waals surface area contributed by atoms with Gasteiger partial charge >= 0.3 is 0 Å². The Kier molecular flexibility index (Phi) is 10.6. The predicted octanol–water partition coefficient (Wildman–Crippen LogP) is 0.615. The van der Waals surface area contributed by atoms with Gasteiger partial charge in [-0.05, 0) is 6.42 Å². The molecule has 0 radical (unpaired) electrons.